The Morgan fingerprint density at radius 2 is 1.86 bits per heavy atom. The predicted molar refractivity (Wildman–Crippen MR) is 134 cm³/mol. The van der Waals surface area contributed by atoms with Crippen LogP contribution in [0.2, 0.25) is 0 Å². The minimum Gasteiger partial charge on any atom is -0.493 e. The number of pyridine rings is 1. The summed E-state index contributed by atoms with van der Waals surface area (Å²) in [6.07, 6.45) is -0.112. The first-order valence-corrected chi connectivity index (χ1v) is 12.4. The van der Waals surface area contributed by atoms with Gasteiger partial charge in [0, 0.05) is 29.1 Å². The third kappa shape index (κ3) is 3.46. The molecular weight excluding hydrogens is 462 g/mol. The van der Waals surface area contributed by atoms with Crippen LogP contribution in [-0.2, 0) is 23.5 Å². The van der Waals surface area contributed by atoms with E-state index in [2.05, 4.69) is 0 Å². The van der Waals surface area contributed by atoms with Gasteiger partial charge in [-0.05, 0) is 47.2 Å². The molecule has 2 aromatic carbocycles. The van der Waals surface area contributed by atoms with Crippen molar-refractivity contribution in [2.24, 2.45) is 0 Å². The van der Waals surface area contributed by atoms with Gasteiger partial charge in [0.05, 0.1) is 26.3 Å². The molecule has 6 nitrogen and oxygen atoms in total. The molecule has 35 heavy (non-hydrogen) atoms. The monoisotopic (exact) mass is 487 g/mol. The molecule has 0 N–H and O–H groups in total. The minimum absolute atomic E-state index is 0.115. The van der Waals surface area contributed by atoms with Gasteiger partial charge < -0.3 is 23.5 Å². The molecule has 1 unspecified atom stereocenters. The van der Waals surface area contributed by atoms with Crippen molar-refractivity contribution in [3.8, 4) is 17.2 Å². The van der Waals surface area contributed by atoms with Crippen LogP contribution >= 0.6 is 11.3 Å². The molecule has 0 saturated carbocycles. The van der Waals surface area contributed by atoms with E-state index in [4.69, 9.17) is 18.9 Å². The van der Waals surface area contributed by atoms with Crippen molar-refractivity contribution in [2.45, 2.75) is 31.8 Å². The maximum Gasteiger partial charge on any atom is 0.261 e. The first kappa shape index (κ1) is 21.9. The zero-order valence-corrected chi connectivity index (χ0v) is 20.6. The summed E-state index contributed by atoms with van der Waals surface area (Å²) in [6.45, 7) is 2.41. The van der Waals surface area contributed by atoms with Gasteiger partial charge >= 0.3 is 0 Å². The molecule has 0 saturated heterocycles. The van der Waals surface area contributed by atoms with E-state index in [0.717, 1.165) is 27.9 Å². The van der Waals surface area contributed by atoms with Gasteiger partial charge in [-0.1, -0.05) is 30.3 Å². The molecule has 4 heterocycles. The van der Waals surface area contributed by atoms with E-state index in [0.29, 0.717) is 35.8 Å². The molecule has 7 heteroatoms. The Morgan fingerprint density at radius 3 is 2.57 bits per heavy atom. The number of thiophene rings is 1. The highest BCUT2D eigenvalue weighted by atomic mass is 32.1. The lowest BCUT2D eigenvalue weighted by Gasteiger charge is -2.46. The first-order valence-electron chi connectivity index (χ1n) is 11.5. The summed E-state index contributed by atoms with van der Waals surface area (Å²) >= 11 is 1.59. The van der Waals surface area contributed by atoms with E-state index >= 15 is 0 Å². The maximum atomic E-state index is 14.0. The standard InChI is InChI=1S/C28H25NO5S/c1-17-11-24-25(27(30)29(17)15-18-7-5-4-6-8-18)26-21-13-23(32-3)22(31-2)12-19(21)14-28(33-24,34-26)20-9-10-35-16-20/h4-13,16,26H,14-15H2,1-3H3/t26?,28-/m0/s1. The summed E-state index contributed by atoms with van der Waals surface area (Å²) in [4.78, 5) is 14.0. The van der Waals surface area contributed by atoms with Crippen molar-refractivity contribution in [1.29, 1.82) is 0 Å². The van der Waals surface area contributed by atoms with Crippen molar-refractivity contribution < 1.29 is 18.9 Å². The zero-order chi connectivity index (χ0) is 24.2. The maximum absolute atomic E-state index is 14.0. The van der Waals surface area contributed by atoms with Crippen molar-refractivity contribution in [3.63, 3.8) is 0 Å². The Labute approximate surface area is 207 Å². The lowest BCUT2D eigenvalue weighted by atomic mass is 9.85. The van der Waals surface area contributed by atoms with Gasteiger partial charge in [0.2, 0.25) is 5.79 Å². The van der Waals surface area contributed by atoms with Crippen LogP contribution in [0.3, 0.4) is 0 Å². The fraction of sp³-hybridized carbons (Fsp3) is 0.250. The summed E-state index contributed by atoms with van der Waals surface area (Å²) in [5.74, 6) is 0.786. The molecule has 2 aliphatic heterocycles. The number of nitrogens with zero attached hydrogens (tertiary/aromatic N) is 1. The van der Waals surface area contributed by atoms with E-state index in [1.165, 1.54) is 0 Å². The number of hydrogen-bond acceptors (Lipinski definition) is 6. The second-order valence-corrected chi connectivity index (χ2v) is 9.67. The Balaban J connectivity index is 1.57. The molecule has 2 aromatic heterocycles. The zero-order valence-electron chi connectivity index (χ0n) is 19.7. The smallest absolute Gasteiger partial charge is 0.261 e. The number of aryl methyl sites for hydroxylation is 1. The van der Waals surface area contributed by atoms with Gasteiger partial charge in [-0.2, -0.15) is 11.3 Å². The summed E-state index contributed by atoms with van der Waals surface area (Å²) in [6, 6.07) is 17.8. The fourth-order valence-electron chi connectivity index (χ4n) is 5.09. The summed E-state index contributed by atoms with van der Waals surface area (Å²) < 4.78 is 26.2. The largest absolute Gasteiger partial charge is 0.493 e. The number of fused-ring (bicyclic) bond motifs is 6. The van der Waals surface area contributed by atoms with Gasteiger partial charge in [0.15, 0.2) is 11.5 Å². The van der Waals surface area contributed by atoms with E-state index in [1.54, 1.807) is 30.1 Å². The summed E-state index contributed by atoms with van der Waals surface area (Å²) in [5.41, 5.74) is 5.12. The number of hydrogen-bond donors (Lipinski definition) is 0. The molecule has 0 radical (unpaired) electrons. The van der Waals surface area contributed by atoms with Crippen LogP contribution in [0.25, 0.3) is 0 Å². The van der Waals surface area contributed by atoms with E-state index in [9.17, 15) is 4.79 Å². The quantitative estimate of drug-likeness (QED) is 0.388. The second kappa shape index (κ2) is 8.29. The van der Waals surface area contributed by atoms with Gasteiger partial charge in [-0.3, -0.25) is 4.79 Å². The molecule has 0 aliphatic carbocycles. The topological polar surface area (TPSA) is 58.9 Å². The SMILES string of the molecule is COc1cc2c(cc1OC)C1O[C@](c3ccsc3)(C2)Oc2cc(C)n(Cc3ccccc3)c(=O)c21. The second-order valence-electron chi connectivity index (χ2n) is 8.89. The van der Waals surface area contributed by atoms with Crippen LogP contribution in [0.15, 0.2) is 70.2 Å². The lowest BCUT2D eigenvalue weighted by Crippen LogP contribution is -2.48. The van der Waals surface area contributed by atoms with Crippen LogP contribution in [-0.4, -0.2) is 18.8 Å². The number of ether oxygens (including phenoxy) is 4. The third-order valence-electron chi connectivity index (χ3n) is 6.85. The molecule has 2 bridgehead atoms. The van der Waals surface area contributed by atoms with Crippen molar-refractivity contribution in [3.05, 3.63) is 109 Å². The molecule has 178 valence electrons. The number of benzene rings is 2. The van der Waals surface area contributed by atoms with E-state index in [1.807, 2.05) is 72.3 Å². The average Bonchev–Trinajstić information content (AvgIpc) is 3.42. The molecule has 4 aromatic rings. The summed E-state index contributed by atoms with van der Waals surface area (Å²) in [7, 11) is 3.23. The molecule has 0 fully saturated rings. The molecule has 0 amide bonds. The Hall–Kier alpha value is -3.55. The molecular formula is C28H25NO5S. The van der Waals surface area contributed by atoms with Crippen LogP contribution < -0.4 is 19.8 Å². The normalized spacial score (nSPS) is 19.9. The van der Waals surface area contributed by atoms with Gasteiger partial charge in [-0.25, -0.2) is 0 Å². The minimum atomic E-state index is -1.02. The van der Waals surface area contributed by atoms with Gasteiger partial charge in [0.1, 0.15) is 11.9 Å². The van der Waals surface area contributed by atoms with Crippen LogP contribution in [0, 0.1) is 6.92 Å². The first-order chi connectivity index (χ1) is 17.0. The summed E-state index contributed by atoms with van der Waals surface area (Å²) in [5, 5.41) is 4.05. The highest BCUT2D eigenvalue weighted by Gasteiger charge is 2.50. The molecule has 2 aliphatic rings. The lowest BCUT2D eigenvalue weighted by molar-refractivity contribution is -0.237. The number of methoxy groups -OCH3 is 2. The fourth-order valence-corrected chi connectivity index (χ4v) is 5.80. The molecule has 0 spiro atoms. The highest BCUT2D eigenvalue weighted by molar-refractivity contribution is 7.08. The number of aromatic nitrogens is 1. The van der Waals surface area contributed by atoms with Crippen molar-refractivity contribution in [2.75, 3.05) is 14.2 Å². The third-order valence-corrected chi connectivity index (χ3v) is 7.53. The molecule has 6 rings (SSSR count). The van der Waals surface area contributed by atoms with Gasteiger partial charge in [-0.15, -0.1) is 0 Å². The average molecular weight is 488 g/mol. The Kier molecular flexibility index (Phi) is 5.20. The van der Waals surface area contributed by atoms with E-state index < -0.39 is 11.9 Å². The van der Waals surface area contributed by atoms with E-state index in [-0.39, 0.29) is 5.56 Å². The Bertz CT molecular complexity index is 1460. The van der Waals surface area contributed by atoms with Crippen LogP contribution in [0.1, 0.15) is 39.6 Å². The van der Waals surface area contributed by atoms with Crippen LogP contribution in [0.5, 0.6) is 17.2 Å². The van der Waals surface area contributed by atoms with Crippen molar-refractivity contribution >= 4 is 11.3 Å². The molecule has 2 atom stereocenters. The predicted octanol–water partition coefficient (Wildman–Crippen LogP) is 5.19. The number of rotatable bonds is 5. The van der Waals surface area contributed by atoms with Gasteiger partial charge in [0.25, 0.3) is 5.56 Å². The van der Waals surface area contributed by atoms with Crippen LogP contribution in [0.4, 0.5) is 0 Å². The van der Waals surface area contributed by atoms with Crippen molar-refractivity contribution in [1.82, 2.24) is 4.57 Å². The highest BCUT2D eigenvalue weighted by Crippen LogP contribution is 2.53. The Morgan fingerprint density at radius 1 is 1.09 bits per heavy atom.